The van der Waals surface area contributed by atoms with E-state index in [1.54, 1.807) is 6.07 Å². The molecule has 156 valence electrons. The van der Waals surface area contributed by atoms with Crippen LogP contribution in [0.3, 0.4) is 0 Å². The minimum Gasteiger partial charge on any atom is -0.303 e. The van der Waals surface area contributed by atoms with Gasteiger partial charge in [-0.3, -0.25) is 0 Å². The van der Waals surface area contributed by atoms with Crippen molar-refractivity contribution in [1.29, 1.82) is 5.26 Å². The largest absolute Gasteiger partial charge is 0.303 e. The molecule has 2 nitrogen and oxygen atoms in total. The molecule has 0 amide bonds. The van der Waals surface area contributed by atoms with Crippen LogP contribution in [0.2, 0.25) is 0 Å². The van der Waals surface area contributed by atoms with Crippen molar-refractivity contribution >= 4 is 0 Å². The molecule has 2 unspecified atom stereocenters. The van der Waals surface area contributed by atoms with E-state index >= 15 is 0 Å². The van der Waals surface area contributed by atoms with Crippen LogP contribution >= 0.6 is 0 Å². The molecule has 0 N–H and O–H groups in total. The predicted molar refractivity (Wildman–Crippen MR) is 115 cm³/mol. The molecule has 0 heterocycles. The third-order valence-corrected chi connectivity index (χ3v) is 6.18. The first-order chi connectivity index (χ1) is 13.8. The monoisotopic (exact) mass is 398 g/mol. The Balaban J connectivity index is 2.11. The van der Waals surface area contributed by atoms with Crippen molar-refractivity contribution in [3.05, 3.63) is 71.3 Å². The molecule has 0 aliphatic rings. The molecule has 0 fully saturated rings. The van der Waals surface area contributed by atoms with Gasteiger partial charge in [-0.1, -0.05) is 57.2 Å². The molecule has 0 saturated carbocycles. The maximum absolute atomic E-state index is 13.9. The topological polar surface area (TPSA) is 27.0 Å². The SMILES string of the molecule is CCC(CCC(C#N)(c1ccc(F)c(F)c1)C(C)C)N(C)CCc1ccccc1. The molecule has 2 atom stereocenters. The molecule has 2 aromatic rings. The summed E-state index contributed by atoms with van der Waals surface area (Å²) >= 11 is 0. The zero-order valence-electron chi connectivity index (χ0n) is 18.0. The summed E-state index contributed by atoms with van der Waals surface area (Å²) in [4.78, 5) is 2.35. The summed E-state index contributed by atoms with van der Waals surface area (Å²) < 4.78 is 27.3. The molecule has 0 bridgehead atoms. The molecule has 4 heteroatoms. The van der Waals surface area contributed by atoms with E-state index in [0.29, 0.717) is 18.0 Å². The van der Waals surface area contributed by atoms with Crippen molar-refractivity contribution in [3.63, 3.8) is 0 Å². The van der Waals surface area contributed by atoms with Crippen molar-refractivity contribution in [2.24, 2.45) is 5.92 Å². The quantitative estimate of drug-likeness (QED) is 0.482. The number of halogens is 2. The second-order valence-corrected chi connectivity index (χ2v) is 8.18. The summed E-state index contributed by atoms with van der Waals surface area (Å²) in [5.74, 6) is -1.78. The lowest BCUT2D eigenvalue weighted by atomic mass is 9.69. The van der Waals surface area contributed by atoms with Gasteiger partial charge in [-0.25, -0.2) is 8.78 Å². The Hall–Kier alpha value is -2.25. The summed E-state index contributed by atoms with van der Waals surface area (Å²) in [6.45, 7) is 7.05. The van der Waals surface area contributed by atoms with Gasteiger partial charge >= 0.3 is 0 Å². The van der Waals surface area contributed by atoms with Gasteiger partial charge in [0, 0.05) is 12.6 Å². The highest BCUT2D eigenvalue weighted by Gasteiger charge is 2.37. The average molecular weight is 399 g/mol. The minimum absolute atomic E-state index is 0.00973. The van der Waals surface area contributed by atoms with E-state index < -0.39 is 17.0 Å². The second-order valence-electron chi connectivity index (χ2n) is 8.18. The Morgan fingerprint density at radius 2 is 1.76 bits per heavy atom. The van der Waals surface area contributed by atoms with E-state index in [0.717, 1.165) is 31.9 Å². The zero-order chi connectivity index (χ0) is 21.4. The van der Waals surface area contributed by atoms with Crippen LogP contribution in [0.4, 0.5) is 8.78 Å². The molecule has 2 aromatic carbocycles. The lowest BCUT2D eigenvalue weighted by Crippen LogP contribution is -2.37. The highest BCUT2D eigenvalue weighted by atomic mass is 19.2. The third-order valence-electron chi connectivity index (χ3n) is 6.18. The van der Waals surface area contributed by atoms with Gasteiger partial charge < -0.3 is 4.90 Å². The molecular formula is C25H32F2N2. The van der Waals surface area contributed by atoms with E-state index in [2.05, 4.69) is 49.2 Å². The summed E-state index contributed by atoms with van der Waals surface area (Å²) in [5, 5.41) is 10.1. The van der Waals surface area contributed by atoms with Crippen molar-refractivity contribution in [2.45, 2.75) is 57.9 Å². The second kappa shape index (κ2) is 10.5. The molecule has 2 rings (SSSR count). The van der Waals surface area contributed by atoms with Crippen molar-refractivity contribution < 1.29 is 8.78 Å². The van der Waals surface area contributed by atoms with Crippen LogP contribution in [0.25, 0.3) is 0 Å². The molecule has 0 aliphatic carbocycles. The number of likely N-dealkylation sites (N-methyl/N-ethyl adjacent to an activating group) is 1. The van der Waals surface area contributed by atoms with Gasteiger partial charge in [0.2, 0.25) is 0 Å². The first kappa shape index (κ1) is 23.0. The molecule has 0 saturated heterocycles. The van der Waals surface area contributed by atoms with Crippen LogP contribution in [-0.4, -0.2) is 24.5 Å². The Morgan fingerprint density at radius 1 is 1.07 bits per heavy atom. The molecule has 29 heavy (non-hydrogen) atoms. The molecule has 0 aliphatic heterocycles. The van der Waals surface area contributed by atoms with Crippen LogP contribution in [0.1, 0.15) is 51.2 Å². The summed E-state index contributed by atoms with van der Waals surface area (Å²) in [6, 6.07) is 17.1. The van der Waals surface area contributed by atoms with Crippen molar-refractivity contribution in [1.82, 2.24) is 4.90 Å². The highest BCUT2D eigenvalue weighted by Crippen LogP contribution is 2.38. The van der Waals surface area contributed by atoms with Crippen LogP contribution in [0, 0.1) is 28.9 Å². The van der Waals surface area contributed by atoms with Gasteiger partial charge in [0.15, 0.2) is 11.6 Å². The van der Waals surface area contributed by atoms with Gasteiger partial charge in [-0.15, -0.1) is 0 Å². The first-order valence-corrected chi connectivity index (χ1v) is 10.4. The number of nitrogens with zero attached hydrogens (tertiary/aromatic N) is 2. The van der Waals surface area contributed by atoms with Gasteiger partial charge in [-0.05, 0) is 61.9 Å². The summed E-state index contributed by atoms with van der Waals surface area (Å²) in [5.41, 5.74) is 1.04. The normalized spacial score (nSPS) is 14.6. The molecule has 0 aromatic heterocycles. The van der Waals surface area contributed by atoms with Crippen LogP contribution in [0.5, 0.6) is 0 Å². The van der Waals surface area contributed by atoms with E-state index in [1.165, 1.54) is 11.6 Å². The van der Waals surface area contributed by atoms with Crippen LogP contribution in [0.15, 0.2) is 48.5 Å². The average Bonchev–Trinajstić information content (AvgIpc) is 2.72. The Morgan fingerprint density at radius 3 is 2.31 bits per heavy atom. The number of hydrogen-bond donors (Lipinski definition) is 0. The Labute approximate surface area is 174 Å². The number of rotatable bonds is 10. The first-order valence-electron chi connectivity index (χ1n) is 10.4. The lowest BCUT2D eigenvalue weighted by Gasteiger charge is -2.35. The fraction of sp³-hybridized carbons (Fsp3) is 0.480. The fourth-order valence-corrected chi connectivity index (χ4v) is 4.05. The molecule has 0 radical (unpaired) electrons. The molecular weight excluding hydrogens is 366 g/mol. The lowest BCUT2D eigenvalue weighted by molar-refractivity contribution is 0.206. The standard InChI is InChI=1S/C25H32F2N2/c1-5-22(29(4)16-14-20-9-7-6-8-10-20)13-15-25(18-28,19(2)3)21-11-12-23(26)24(27)17-21/h6-12,17,19,22H,5,13-16H2,1-4H3. The minimum atomic E-state index is -0.894. The third kappa shape index (κ3) is 5.64. The van der Waals surface area contributed by atoms with Gasteiger partial charge in [-0.2, -0.15) is 5.26 Å². The van der Waals surface area contributed by atoms with E-state index in [1.807, 2.05) is 19.9 Å². The van der Waals surface area contributed by atoms with Crippen molar-refractivity contribution in [3.8, 4) is 6.07 Å². The van der Waals surface area contributed by atoms with Gasteiger partial charge in [0.1, 0.15) is 0 Å². The number of benzene rings is 2. The van der Waals surface area contributed by atoms with Crippen LogP contribution in [-0.2, 0) is 11.8 Å². The Bertz CT molecular complexity index is 813. The fourth-order valence-electron chi connectivity index (χ4n) is 4.05. The number of hydrogen-bond acceptors (Lipinski definition) is 2. The predicted octanol–water partition coefficient (Wildman–Crippen LogP) is 6.12. The summed E-state index contributed by atoms with van der Waals surface area (Å²) in [6.07, 6.45) is 3.39. The maximum atomic E-state index is 13.9. The van der Waals surface area contributed by atoms with Crippen LogP contribution < -0.4 is 0 Å². The van der Waals surface area contributed by atoms with Gasteiger partial charge in [0.05, 0.1) is 11.5 Å². The highest BCUT2D eigenvalue weighted by molar-refractivity contribution is 5.34. The smallest absolute Gasteiger partial charge is 0.159 e. The zero-order valence-corrected chi connectivity index (χ0v) is 18.0. The van der Waals surface area contributed by atoms with E-state index in [9.17, 15) is 14.0 Å². The number of nitriles is 1. The van der Waals surface area contributed by atoms with Gasteiger partial charge in [0.25, 0.3) is 0 Å². The summed E-state index contributed by atoms with van der Waals surface area (Å²) in [7, 11) is 2.12. The van der Waals surface area contributed by atoms with Crippen molar-refractivity contribution in [2.75, 3.05) is 13.6 Å². The molecule has 0 spiro atoms. The Kier molecular flexibility index (Phi) is 8.34. The maximum Gasteiger partial charge on any atom is 0.159 e. The van der Waals surface area contributed by atoms with E-state index in [-0.39, 0.29) is 5.92 Å². The van der Waals surface area contributed by atoms with E-state index in [4.69, 9.17) is 0 Å².